The Morgan fingerprint density at radius 1 is 1.40 bits per heavy atom. The molecule has 0 aromatic carbocycles. The van der Waals surface area contributed by atoms with Gasteiger partial charge in [-0.1, -0.05) is 0 Å². The van der Waals surface area contributed by atoms with E-state index in [1.807, 2.05) is 13.8 Å². The van der Waals surface area contributed by atoms with Crippen molar-refractivity contribution < 1.29 is 23.0 Å². The third-order valence-electron chi connectivity index (χ3n) is 2.88. The summed E-state index contributed by atoms with van der Waals surface area (Å²) in [5.74, 6) is 0.623. The summed E-state index contributed by atoms with van der Waals surface area (Å²) >= 11 is 0. The van der Waals surface area contributed by atoms with Crippen LogP contribution in [0.4, 0.5) is 8.78 Å². The zero-order chi connectivity index (χ0) is 15.1. The molecule has 1 rings (SSSR count). The molecule has 0 aliphatic carbocycles. The van der Waals surface area contributed by atoms with Crippen LogP contribution in [0.1, 0.15) is 23.2 Å². The molecule has 6 heteroatoms. The highest BCUT2D eigenvalue weighted by Gasteiger charge is 2.13. The minimum absolute atomic E-state index is 0.00518. The first-order valence-electron chi connectivity index (χ1n) is 6.32. The molecule has 20 heavy (non-hydrogen) atoms. The summed E-state index contributed by atoms with van der Waals surface area (Å²) in [6, 6.07) is 0. The van der Waals surface area contributed by atoms with E-state index in [1.54, 1.807) is 13.3 Å². The number of methoxy groups -OCH3 is 1. The quantitative estimate of drug-likeness (QED) is 0.689. The minimum Gasteiger partial charge on any atom is -0.496 e. The normalized spacial score (nSPS) is 10.9. The highest BCUT2D eigenvalue weighted by atomic mass is 19.3. The Labute approximate surface area is 117 Å². The number of halogens is 2. The van der Waals surface area contributed by atoms with Crippen molar-refractivity contribution in [3.63, 3.8) is 0 Å². The smallest absolute Gasteiger partial charge is 0.261 e. The number of alkyl halides is 2. The van der Waals surface area contributed by atoms with Crippen LogP contribution in [0, 0.1) is 13.8 Å². The van der Waals surface area contributed by atoms with Crippen molar-refractivity contribution in [1.82, 2.24) is 4.98 Å². The molecule has 0 unspecified atom stereocenters. The summed E-state index contributed by atoms with van der Waals surface area (Å²) in [5.41, 5.74) is 2.38. The van der Waals surface area contributed by atoms with Crippen molar-refractivity contribution in [2.24, 2.45) is 0 Å². The lowest BCUT2D eigenvalue weighted by molar-refractivity contribution is -0.120. The van der Waals surface area contributed by atoms with Crippen molar-refractivity contribution >= 4 is 5.78 Å². The van der Waals surface area contributed by atoms with Crippen LogP contribution >= 0.6 is 0 Å². The SMILES string of the molecule is COc1c(C)cnc(CC(=O)CCOCC(F)F)c1C. The molecule has 0 spiro atoms. The van der Waals surface area contributed by atoms with Gasteiger partial charge in [0.25, 0.3) is 6.43 Å². The molecule has 0 atom stereocenters. The molecule has 1 aromatic rings. The number of nitrogens with zero attached hydrogens (tertiary/aromatic N) is 1. The number of carbonyl (C=O) groups is 1. The second kappa shape index (κ2) is 7.89. The van der Waals surface area contributed by atoms with Crippen LogP contribution in [0.15, 0.2) is 6.20 Å². The third kappa shape index (κ3) is 4.85. The van der Waals surface area contributed by atoms with E-state index in [9.17, 15) is 13.6 Å². The second-order valence-corrected chi connectivity index (χ2v) is 4.48. The molecule has 1 heterocycles. The average Bonchev–Trinajstić information content (AvgIpc) is 2.38. The van der Waals surface area contributed by atoms with Gasteiger partial charge in [0.15, 0.2) is 0 Å². The van der Waals surface area contributed by atoms with Crippen molar-refractivity contribution in [3.05, 3.63) is 23.0 Å². The molecule has 0 fully saturated rings. The second-order valence-electron chi connectivity index (χ2n) is 4.48. The van der Waals surface area contributed by atoms with Gasteiger partial charge in [-0.2, -0.15) is 0 Å². The predicted molar refractivity (Wildman–Crippen MR) is 70.4 cm³/mol. The van der Waals surface area contributed by atoms with Gasteiger partial charge in [0.2, 0.25) is 0 Å². The number of hydrogen-bond acceptors (Lipinski definition) is 4. The van der Waals surface area contributed by atoms with E-state index < -0.39 is 13.0 Å². The van der Waals surface area contributed by atoms with Crippen molar-refractivity contribution in [3.8, 4) is 5.75 Å². The topological polar surface area (TPSA) is 48.4 Å². The number of carbonyl (C=O) groups excluding carboxylic acids is 1. The fourth-order valence-corrected chi connectivity index (χ4v) is 1.88. The van der Waals surface area contributed by atoms with Crippen LogP contribution in [0.5, 0.6) is 5.75 Å². The van der Waals surface area contributed by atoms with E-state index in [0.717, 1.165) is 16.9 Å². The number of hydrogen-bond donors (Lipinski definition) is 0. The maximum Gasteiger partial charge on any atom is 0.261 e. The van der Waals surface area contributed by atoms with Gasteiger partial charge in [0, 0.05) is 30.2 Å². The van der Waals surface area contributed by atoms with E-state index in [1.165, 1.54) is 0 Å². The Bertz CT molecular complexity index is 464. The fourth-order valence-electron chi connectivity index (χ4n) is 1.88. The van der Waals surface area contributed by atoms with E-state index in [2.05, 4.69) is 9.72 Å². The van der Waals surface area contributed by atoms with Gasteiger partial charge >= 0.3 is 0 Å². The molecule has 0 saturated carbocycles. The Kier molecular flexibility index (Phi) is 6.51. The summed E-state index contributed by atoms with van der Waals surface area (Å²) in [5, 5.41) is 0. The maximum absolute atomic E-state index is 11.8. The van der Waals surface area contributed by atoms with Crippen molar-refractivity contribution in [2.45, 2.75) is 33.1 Å². The number of ketones is 1. The summed E-state index contributed by atoms with van der Waals surface area (Å²) < 4.78 is 33.6. The van der Waals surface area contributed by atoms with Gasteiger partial charge in [0.05, 0.1) is 19.4 Å². The molecule has 0 amide bonds. The molecule has 0 bridgehead atoms. The van der Waals surface area contributed by atoms with E-state index in [4.69, 9.17) is 4.74 Å². The number of aromatic nitrogens is 1. The lowest BCUT2D eigenvalue weighted by atomic mass is 10.1. The van der Waals surface area contributed by atoms with Crippen molar-refractivity contribution in [2.75, 3.05) is 20.3 Å². The number of pyridine rings is 1. The van der Waals surface area contributed by atoms with Crippen LogP contribution in [-0.4, -0.2) is 37.5 Å². The molecule has 112 valence electrons. The van der Waals surface area contributed by atoms with Gasteiger partial charge in [-0.05, 0) is 13.8 Å². The zero-order valence-electron chi connectivity index (χ0n) is 11.9. The number of rotatable bonds is 8. The van der Waals surface area contributed by atoms with E-state index >= 15 is 0 Å². The lowest BCUT2D eigenvalue weighted by Gasteiger charge is -2.11. The summed E-state index contributed by atoms with van der Waals surface area (Å²) in [6.07, 6.45) is -0.595. The third-order valence-corrected chi connectivity index (χ3v) is 2.88. The van der Waals surface area contributed by atoms with Crippen LogP contribution in [-0.2, 0) is 16.0 Å². The van der Waals surface area contributed by atoms with Gasteiger partial charge in [0.1, 0.15) is 18.1 Å². The first-order chi connectivity index (χ1) is 9.45. The summed E-state index contributed by atoms with van der Waals surface area (Å²) in [6.45, 7) is 3.09. The minimum atomic E-state index is -2.50. The summed E-state index contributed by atoms with van der Waals surface area (Å²) in [4.78, 5) is 16.0. The van der Waals surface area contributed by atoms with Gasteiger partial charge in [-0.15, -0.1) is 0 Å². The van der Waals surface area contributed by atoms with Crippen LogP contribution < -0.4 is 4.74 Å². The predicted octanol–water partition coefficient (Wildman–Crippen LogP) is 2.49. The zero-order valence-corrected chi connectivity index (χ0v) is 11.9. The Hall–Kier alpha value is -1.56. The Balaban J connectivity index is 2.54. The summed E-state index contributed by atoms with van der Waals surface area (Å²) in [7, 11) is 1.57. The molecular formula is C14H19F2NO3. The molecule has 0 radical (unpaired) electrons. The van der Waals surface area contributed by atoms with Crippen molar-refractivity contribution in [1.29, 1.82) is 0 Å². The van der Waals surface area contributed by atoms with Gasteiger partial charge in [-0.25, -0.2) is 8.78 Å². The maximum atomic E-state index is 11.8. The van der Waals surface area contributed by atoms with Gasteiger partial charge in [-0.3, -0.25) is 9.78 Å². The number of aryl methyl sites for hydroxylation is 1. The molecular weight excluding hydrogens is 268 g/mol. The molecule has 0 aliphatic rings. The van der Waals surface area contributed by atoms with E-state index in [-0.39, 0.29) is 25.2 Å². The molecule has 0 N–H and O–H groups in total. The number of ether oxygens (including phenoxy) is 2. The van der Waals surface area contributed by atoms with Crippen LogP contribution in [0.25, 0.3) is 0 Å². The Morgan fingerprint density at radius 3 is 2.70 bits per heavy atom. The Morgan fingerprint density at radius 2 is 2.10 bits per heavy atom. The molecule has 4 nitrogen and oxygen atoms in total. The first kappa shape index (κ1) is 16.5. The average molecular weight is 287 g/mol. The van der Waals surface area contributed by atoms with Crippen LogP contribution in [0.2, 0.25) is 0 Å². The molecule has 1 aromatic heterocycles. The standard InChI is InChI=1S/C14H19F2NO3/c1-9-7-17-12(10(2)14(9)19-3)6-11(18)4-5-20-8-13(15)16/h7,13H,4-6,8H2,1-3H3. The van der Waals surface area contributed by atoms with Gasteiger partial charge < -0.3 is 9.47 Å². The first-order valence-corrected chi connectivity index (χ1v) is 6.32. The fraction of sp³-hybridized carbons (Fsp3) is 0.571. The highest BCUT2D eigenvalue weighted by molar-refractivity contribution is 5.81. The molecule has 0 aliphatic heterocycles. The monoisotopic (exact) mass is 287 g/mol. The van der Waals surface area contributed by atoms with Crippen LogP contribution in [0.3, 0.4) is 0 Å². The highest BCUT2D eigenvalue weighted by Crippen LogP contribution is 2.24. The lowest BCUT2D eigenvalue weighted by Crippen LogP contribution is -2.12. The number of Topliss-reactive ketones (excluding diaryl/α,β-unsaturated/α-hetero) is 1. The van der Waals surface area contributed by atoms with E-state index in [0.29, 0.717) is 5.69 Å². The molecule has 0 saturated heterocycles. The largest absolute Gasteiger partial charge is 0.496 e.